The van der Waals surface area contributed by atoms with E-state index in [0.717, 1.165) is 37.5 Å². The molecule has 8 heteroatoms. The zero-order valence-corrected chi connectivity index (χ0v) is 15.7. The first-order chi connectivity index (χ1) is 11.8. The third kappa shape index (κ3) is 3.97. The molecule has 138 valence electrons. The molecule has 2 saturated heterocycles. The average molecular weight is 348 g/mol. The van der Waals surface area contributed by atoms with Crippen molar-refractivity contribution >= 4 is 18.5 Å². The van der Waals surface area contributed by atoms with Gasteiger partial charge in [0, 0.05) is 37.5 Å². The normalized spacial score (nSPS) is 24.9. The average Bonchev–Trinajstić information content (AvgIpc) is 3.10. The van der Waals surface area contributed by atoms with Crippen LogP contribution in [-0.4, -0.2) is 66.2 Å². The Morgan fingerprint density at radius 2 is 1.88 bits per heavy atom. The topological polar surface area (TPSA) is 79.7 Å². The van der Waals surface area contributed by atoms with Gasteiger partial charge in [0.1, 0.15) is 0 Å². The molecule has 2 aliphatic rings. The molecule has 1 aromatic heterocycles. The third-order valence-electron chi connectivity index (χ3n) is 5.47. The van der Waals surface area contributed by atoms with Crippen LogP contribution in [0.25, 0.3) is 0 Å². The minimum atomic E-state index is -0.423. The quantitative estimate of drug-likeness (QED) is 0.561. The van der Waals surface area contributed by atoms with Gasteiger partial charge in [-0.25, -0.2) is 9.97 Å². The predicted molar refractivity (Wildman–Crippen MR) is 98.0 cm³/mol. The summed E-state index contributed by atoms with van der Waals surface area (Å²) >= 11 is 0. The maximum absolute atomic E-state index is 8.84. The molecule has 3 heterocycles. The SMILES string of the molecule is CC1(C)OB(c2cnc(N3CCC(CNCCO)C3)nc2)OC1(C)C. The van der Waals surface area contributed by atoms with Crippen molar-refractivity contribution in [2.45, 2.75) is 45.3 Å². The van der Waals surface area contributed by atoms with Crippen LogP contribution in [0.1, 0.15) is 34.1 Å². The maximum atomic E-state index is 8.84. The van der Waals surface area contributed by atoms with Crippen LogP contribution in [0.5, 0.6) is 0 Å². The number of aliphatic hydroxyl groups is 1. The van der Waals surface area contributed by atoms with Crippen molar-refractivity contribution in [2.75, 3.05) is 37.7 Å². The van der Waals surface area contributed by atoms with Crippen LogP contribution >= 0.6 is 0 Å². The summed E-state index contributed by atoms with van der Waals surface area (Å²) in [7, 11) is -0.423. The number of aliphatic hydroxyl groups excluding tert-OH is 1. The van der Waals surface area contributed by atoms with Crippen molar-refractivity contribution in [3.05, 3.63) is 12.4 Å². The van der Waals surface area contributed by atoms with Gasteiger partial charge in [0.05, 0.1) is 17.8 Å². The lowest BCUT2D eigenvalue weighted by atomic mass is 9.81. The predicted octanol–water partition coefficient (Wildman–Crippen LogP) is 0.184. The number of hydrogen-bond donors (Lipinski definition) is 2. The van der Waals surface area contributed by atoms with E-state index < -0.39 is 7.12 Å². The van der Waals surface area contributed by atoms with Gasteiger partial charge in [0.15, 0.2) is 0 Å². The van der Waals surface area contributed by atoms with Crippen LogP contribution in [0.4, 0.5) is 5.95 Å². The Balaban J connectivity index is 1.58. The van der Waals surface area contributed by atoms with Crippen molar-refractivity contribution in [2.24, 2.45) is 5.92 Å². The van der Waals surface area contributed by atoms with E-state index in [1.807, 2.05) is 40.1 Å². The summed E-state index contributed by atoms with van der Waals surface area (Å²) in [4.78, 5) is 11.3. The van der Waals surface area contributed by atoms with E-state index in [-0.39, 0.29) is 17.8 Å². The highest BCUT2D eigenvalue weighted by molar-refractivity contribution is 6.61. The Morgan fingerprint density at radius 1 is 1.24 bits per heavy atom. The summed E-state index contributed by atoms with van der Waals surface area (Å²) in [5.41, 5.74) is 0.128. The highest BCUT2D eigenvalue weighted by Gasteiger charge is 2.52. The van der Waals surface area contributed by atoms with Crippen LogP contribution in [-0.2, 0) is 9.31 Å². The summed E-state index contributed by atoms with van der Waals surface area (Å²) in [6.45, 7) is 11.8. The van der Waals surface area contributed by atoms with Gasteiger partial charge in [-0.2, -0.15) is 0 Å². The standard InChI is InChI=1S/C17H29BN4O3/c1-16(2)17(3,4)25-18(24-16)14-10-20-15(21-11-14)22-7-5-13(12-22)9-19-6-8-23/h10-11,13,19,23H,5-9,12H2,1-4H3. The molecule has 0 bridgehead atoms. The molecule has 0 aromatic carbocycles. The third-order valence-corrected chi connectivity index (χ3v) is 5.47. The summed E-state index contributed by atoms with van der Waals surface area (Å²) in [6, 6.07) is 0. The van der Waals surface area contributed by atoms with E-state index in [4.69, 9.17) is 14.4 Å². The molecule has 2 N–H and O–H groups in total. The smallest absolute Gasteiger partial charge is 0.399 e. The first-order valence-electron chi connectivity index (χ1n) is 9.06. The van der Waals surface area contributed by atoms with E-state index in [1.54, 1.807) is 0 Å². The Labute approximate surface area is 150 Å². The fourth-order valence-electron chi connectivity index (χ4n) is 3.16. The Bertz CT molecular complexity index is 566. The zero-order valence-electron chi connectivity index (χ0n) is 15.7. The van der Waals surface area contributed by atoms with Crippen LogP contribution in [0.2, 0.25) is 0 Å². The van der Waals surface area contributed by atoms with Gasteiger partial charge in [0.2, 0.25) is 5.95 Å². The fourth-order valence-corrected chi connectivity index (χ4v) is 3.16. The van der Waals surface area contributed by atoms with Crippen LogP contribution in [0.3, 0.4) is 0 Å². The summed E-state index contributed by atoms with van der Waals surface area (Å²) in [5, 5.41) is 12.1. The molecule has 2 fully saturated rings. The molecule has 0 amide bonds. The van der Waals surface area contributed by atoms with Gasteiger partial charge >= 0.3 is 7.12 Å². The lowest BCUT2D eigenvalue weighted by Crippen LogP contribution is -2.41. The monoisotopic (exact) mass is 348 g/mol. The van der Waals surface area contributed by atoms with E-state index in [0.29, 0.717) is 12.5 Å². The van der Waals surface area contributed by atoms with E-state index in [2.05, 4.69) is 20.2 Å². The Kier molecular flexibility index (Phi) is 5.34. The van der Waals surface area contributed by atoms with E-state index >= 15 is 0 Å². The number of rotatable bonds is 6. The summed E-state index contributed by atoms with van der Waals surface area (Å²) < 4.78 is 12.1. The van der Waals surface area contributed by atoms with Crippen LogP contribution in [0, 0.1) is 5.92 Å². The Hall–Kier alpha value is -1.22. The van der Waals surface area contributed by atoms with Gasteiger partial charge in [-0.05, 0) is 46.6 Å². The van der Waals surface area contributed by atoms with Crippen molar-refractivity contribution in [1.82, 2.24) is 15.3 Å². The van der Waals surface area contributed by atoms with Crippen LogP contribution < -0.4 is 15.7 Å². The van der Waals surface area contributed by atoms with Crippen molar-refractivity contribution in [3.8, 4) is 0 Å². The van der Waals surface area contributed by atoms with Crippen molar-refractivity contribution in [3.63, 3.8) is 0 Å². The molecule has 1 unspecified atom stereocenters. The highest BCUT2D eigenvalue weighted by Crippen LogP contribution is 2.36. The number of hydrogen-bond acceptors (Lipinski definition) is 7. The second kappa shape index (κ2) is 7.19. The number of aromatic nitrogens is 2. The van der Waals surface area contributed by atoms with Gasteiger partial charge in [-0.15, -0.1) is 0 Å². The first kappa shape index (κ1) is 18.6. The molecule has 7 nitrogen and oxygen atoms in total. The van der Waals surface area contributed by atoms with Gasteiger partial charge in [-0.3, -0.25) is 0 Å². The van der Waals surface area contributed by atoms with Crippen molar-refractivity contribution < 1.29 is 14.4 Å². The van der Waals surface area contributed by atoms with Gasteiger partial charge in [0.25, 0.3) is 0 Å². The zero-order chi connectivity index (χ0) is 18.1. The van der Waals surface area contributed by atoms with Crippen molar-refractivity contribution in [1.29, 1.82) is 0 Å². The fraction of sp³-hybridized carbons (Fsp3) is 0.765. The van der Waals surface area contributed by atoms with Crippen LogP contribution in [0.15, 0.2) is 12.4 Å². The van der Waals surface area contributed by atoms with E-state index in [9.17, 15) is 0 Å². The minimum absolute atomic E-state index is 0.180. The lowest BCUT2D eigenvalue weighted by molar-refractivity contribution is 0.00578. The second-order valence-electron chi connectivity index (χ2n) is 7.93. The Morgan fingerprint density at radius 3 is 2.48 bits per heavy atom. The lowest BCUT2D eigenvalue weighted by Gasteiger charge is -2.32. The van der Waals surface area contributed by atoms with E-state index in [1.165, 1.54) is 0 Å². The first-order valence-corrected chi connectivity index (χ1v) is 9.06. The number of nitrogens with zero attached hydrogens (tertiary/aromatic N) is 3. The van der Waals surface area contributed by atoms with Gasteiger partial charge < -0.3 is 24.6 Å². The highest BCUT2D eigenvalue weighted by atomic mass is 16.7. The van der Waals surface area contributed by atoms with Gasteiger partial charge in [-0.1, -0.05) is 0 Å². The molecule has 1 aromatic rings. The minimum Gasteiger partial charge on any atom is -0.399 e. The molecule has 0 radical (unpaired) electrons. The molecule has 3 rings (SSSR count). The molecule has 25 heavy (non-hydrogen) atoms. The maximum Gasteiger partial charge on any atom is 0.498 e. The number of nitrogens with one attached hydrogen (secondary N) is 1. The molecule has 0 saturated carbocycles. The summed E-state index contributed by atoms with van der Waals surface area (Å²) in [5.74, 6) is 1.32. The molecule has 0 spiro atoms. The number of anilines is 1. The largest absolute Gasteiger partial charge is 0.498 e. The molecule has 2 aliphatic heterocycles. The summed E-state index contributed by atoms with van der Waals surface area (Å²) in [6.07, 6.45) is 4.73. The second-order valence-corrected chi connectivity index (χ2v) is 7.93. The molecular formula is C17H29BN4O3. The molecule has 0 aliphatic carbocycles. The molecular weight excluding hydrogens is 319 g/mol. The molecule has 1 atom stereocenters.